The molecule has 0 aliphatic carbocycles. The Labute approximate surface area is 87.9 Å². The van der Waals surface area contributed by atoms with Crippen molar-refractivity contribution >= 4 is 5.69 Å². The van der Waals surface area contributed by atoms with Gasteiger partial charge in [-0.1, -0.05) is 6.92 Å². The molecule has 15 heavy (non-hydrogen) atoms. The molecular weight excluding hydrogens is 190 g/mol. The summed E-state index contributed by atoms with van der Waals surface area (Å²) >= 11 is 0. The smallest absolute Gasteiger partial charge is 0.204 e. The molecular formula is C10H13N5. The number of nitrogens with two attached hydrogens (primary N) is 1. The van der Waals surface area contributed by atoms with E-state index in [1.165, 1.54) is 0 Å². The quantitative estimate of drug-likeness (QED) is 0.764. The monoisotopic (exact) mass is 203 g/mol. The molecule has 2 aromatic rings. The molecule has 0 aliphatic rings. The second-order valence-corrected chi connectivity index (χ2v) is 3.33. The molecule has 0 bridgehead atoms. The van der Waals surface area contributed by atoms with Crippen molar-refractivity contribution in [1.29, 1.82) is 0 Å². The van der Waals surface area contributed by atoms with Crippen LogP contribution in [-0.4, -0.2) is 20.2 Å². The van der Waals surface area contributed by atoms with Gasteiger partial charge in [0, 0.05) is 11.3 Å². The molecule has 1 heterocycles. The van der Waals surface area contributed by atoms with E-state index < -0.39 is 0 Å². The first-order valence-electron chi connectivity index (χ1n) is 4.93. The van der Waals surface area contributed by atoms with Crippen molar-refractivity contribution in [1.82, 2.24) is 20.2 Å². The van der Waals surface area contributed by atoms with Crippen LogP contribution in [-0.2, 0) is 6.54 Å². The number of nitrogens with zero attached hydrogens (tertiary/aromatic N) is 4. The van der Waals surface area contributed by atoms with Crippen molar-refractivity contribution in [3.8, 4) is 11.4 Å². The second kappa shape index (κ2) is 4.08. The molecule has 0 atom stereocenters. The molecule has 1 aromatic heterocycles. The molecule has 1 aromatic carbocycles. The van der Waals surface area contributed by atoms with Crippen LogP contribution in [0.5, 0.6) is 0 Å². The van der Waals surface area contributed by atoms with Gasteiger partial charge in [-0.25, -0.2) is 0 Å². The molecule has 0 radical (unpaired) electrons. The highest BCUT2D eigenvalue weighted by molar-refractivity contribution is 5.57. The molecule has 2 N–H and O–H groups in total. The zero-order valence-corrected chi connectivity index (χ0v) is 8.59. The normalized spacial score (nSPS) is 10.5. The summed E-state index contributed by atoms with van der Waals surface area (Å²) in [6.07, 6.45) is 0.998. The van der Waals surface area contributed by atoms with E-state index in [0.29, 0.717) is 5.82 Å². The van der Waals surface area contributed by atoms with Crippen LogP contribution in [0.15, 0.2) is 24.3 Å². The fourth-order valence-corrected chi connectivity index (χ4v) is 1.29. The first-order chi connectivity index (χ1) is 7.29. The van der Waals surface area contributed by atoms with Gasteiger partial charge in [0.1, 0.15) is 0 Å². The van der Waals surface area contributed by atoms with Gasteiger partial charge in [-0.3, -0.25) is 0 Å². The zero-order valence-electron chi connectivity index (χ0n) is 8.59. The first-order valence-corrected chi connectivity index (χ1v) is 4.93. The van der Waals surface area contributed by atoms with E-state index in [2.05, 4.69) is 22.3 Å². The average Bonchev–Trinajstić information content (AvgIpc) is 2.68. The highest BCUT2D eigenvalue weighted by atomic mass is 15.6. The van der Waals surface area contributed by atoms with Gasteiger partial charge in [-0.2, -0.15) is 4.80 Å². The summed E-state index contributed by atoms with van der Waals surface area (Å²) in [6.45, 7) is 2.87. The Hall–Kier alpha value is -1.91. The van der Waals surface area contributed by atoms with Crippen LogP contribution < -0.4 is 5.73 Å². The maximum absolute atomic E-state index is 5.60. The number of hydrogen-bond acceptors (Lipinski definition) is 4. The molecule has 2 rings (SSSR count). The van der Waals surface area contributed by atoms with Gasteiger partial charge in [-0.15, -0.1) is 10.2 Å². The minimum Gasteiger partial charge on any atom is -0.399 e. The number of rotatable bonds is 3. The molecule has 5 nitrogen and oxygen atoms in total. The number of tetrazole rings is 1. The summed E-state index contributed by atoms with van der Waals surface area (Å²) < 4.78 is 0. The minimum absolute atomic E-state index is 0.642. The molecule has 0 spiro atoms. The molecule has 0 aliphatic heterocycles. The van der Waals surface area contributed by atoms with E-state index in [-0.39, 0.29) is 0 Å². The topological polar surface area (TPSA) is 69.6 Å². The van der Waals surface area contributed by atoms with Crippen molar-refractivity contribution in [2.75, 3.05) is 5.73 Å². The third-order valence-electron chi connectivity index (χ3n) is 2.05. The van der Waals surface area contributed by atoms with Crippen LogP contribution in [0.1, 0.15) is 13.3 Å². The Kier molecular flexibility index (Phi) is 2.62. The van der Waals surface area contributed by atoms with Crippen LogP contribution in [0.4, 0.5) is 5.69 Å². The second-order valence-electron chi connectivity index (χ2n) is 3.33. The molecule has 0 fully saturated rings. The maximum Gasteiger partial charge on any atom is 0.204 e. The Balaban J connectivity index is 2.25. The molecule has 0 unspecified atom stereocenters. The van der Waals surface area contributed by atoms with Crippen molar-refractivity contribution in [3.63, 3.8) is 0 Å². The fourth-order valence-electron chi connectivity index (χ4n) is 1.29. The summed E-state index contributed by atoms with van der Waals surface area (Å²) in [5, 5.41) is 12.2. The van der Waals surface area contributed by atoms with Gasteiger partial charge in [0.15, 0.2) is 0 Å². The van der Waals surface area contributed by atoms with Gasteiger partial charge < -0.3 is 5.73 Å². The number of aromatic nitrogens is 4. The third kappa shape index (κ3) is 2.12. The van der Waals surface area contributed by atoms with Crippen LogP contribution in [0.3, 0.4) is 0 Å². The van der Waals surface area contributed by atoms with Crippen LogP contribution >= 0.6 is 0 Å². The van der Waals surface area contributed by atoms with Crippen LogP contribution in [0.25, 0.3) is 11.4 Å². The molecule has 0 saturated carbocycles. The predicted molar refractivity (Wildman–Crippen MR) is 58.0 cm³/mol. The SMILES string of the molecule is CCCn1nnc(-c2ccc(N)cc2)n1. The fraction of sp³-hybridized carbons (Fsp3) is 0.300. The summed E-state index contributed by atoms with van der Waals surface area (Å²) in [5.41, 5.74) is 7.27. The number of anilines is 1. The standard InChI is InChI=1S/C10H13N5/c1-2-7-15-13-10(12-14-15)8-3-5-9(11)6-4-8/h3-6H,2,7,11H2,1H3. The van der Waals surface area contributed by atoms with E-state index in [1.807, 2.05) is 24.3 Å². The van der Waals surface area contributed by atoms with E-state index in [1.54, 1.807) is 4.80 Å². The highest BCUT2D eigenvalue weighted by Gasteiger charge is 2.04. The Bertz CT molecular complexity index is 431. The van der Waals surface area contributed by atoms with Crippen molar-refractivity contribution in [2.24, 2.45) is 0 Å². The Morgan fingerprint density at radius 3 is 2.67 bits per heavy atom. The van der Waals surface area contributed by atoms with Crippen molar-refractivity contribution in [3.05, 3.63) is 24.3 Å². The summed E-state index contributed by atoms with van der Waals surface area (Å²) in [5.74, 6) is 0.642. The van der Waals surface area contributed by atoms with Crippen molar-refractivity contribution in [2.45, 2.75) is 19.9 Å². The van der Waals surface area contributed by atoms with Gasteiger partial charge in [0.05, 0.1) is 6.54 Å². The lowest BCUT2D eigenvalue weighted by Crippen LogP contribution is -2.00. The summed E-state index contributed by atoms with van der Waals surface area (Å²) in [4.78, 5) is 1.60. The summed E-state index contributed by atoms with van der Waals surface area (Å²) in [7, 11) is 0. The van der Waals surface area contributed by atoms with Crippen LogP contribution in [0, 0.1) is 0 Å². The third-order valence-corrected chi connectivity index (χ3v) is 2.05. The first kappa shape index (κ1) is 9.64. The zero-order chi connectivity index (χ0) is 10.7. The molecule has 78 valence electrons. The van der Waals surface area contributed by atoms with Gasteiger partial charge in [0.2, 0.25) is 5.82 Å². The lowest BCUT2D eigenvalue weighted by Gasteiger charge is -1.95. The van der Waals surface area contributed by atoms with Gasteiger partial charge in [0.25, 0.3) is 0 Å². The highest BCUT2D eigenvalue weighted by Crippen LogP contribution is 2.14. The van der Waals surface area contributed by atoms with Crippen molar-refractivity contribution < 1.29 is 0 Å². The van der Waals surface area contributed by atoms with E-state index in [9.17, 15) is 0 Å². The number of benzene rings is 1. The van der Waals surface area contributed by atoms with E-state index >= 15 is 0 Å². The van der Waals surface area contributed by atoms with Gasteiger partial charge >= 0.3 is 0 Å². The van der Waals surface area contributed by atoms with Gasteiger partial charge in [-0.05, 0) is 35.9 Å². The Morgan fingerprint density at radius 2 is 2.00 bits per heavy atom. The summed E-state index contributed by atoms with van der Waals surface area (Å²) in [6, 6.07) is 7.44. The maximum atomic E-state index is 5.60. The minimum atomic E-state index is 0.642. The number of hydrogen-bond donors (Lipinski definition) is 1. The average molecular weight is 203 g/mol. The molecule has 0 amide bonds. The molecule has 5 heteroatoms. The largest absolute Gasteiger partial charge is 0.399 e. The lowest BCUT2D eigenvalue weighted by atomic mass is 10.2. The lowest BCUT2D eigenvalue weighted by molar-refractivity contribution is 0.515. The molecule has 0 saturated heterocycles. The van der Waals surface area contributed by atoms with Crippen LogP contribution in [0.2, 0.25) is 0 Å². The number of nitrogen functional groups attached to an aromatic ring is 1. The van der Waals surface area contributed by atoms with E-state index in [0.717, 1.165) is 24.2 Å². The number of aryl methyl sites for hydroxylation is 1. The predicted octanol–water partition coefficient (Wildman–Crippen LogP) is 1.33. The Morgan fingerprint density at radius 1 is 1.27 bits per heavy atom. The van der Waals surface area contributed by atoms with E-state index in [4.69, 9.17) is 5.73 Å².